The number of halogens is 1. The normalized spacial score (nSPS) is 10.2. The highest BCUT2D eigenvalue weighted by Crippen LogP contribution is 2.17. The summed E-state index contributed by atoms with van der Waals surface area (Å²) in [6, 6.07) is 11.1. The molecule has 0 unspecified atom stereocenters. The number of carbonyl (C=O) groups is 1. The van der Waals surface area contributed by atoms with Gasteiger partial charge in [0.05, 0.1) is 5.56 Å². The zero-order valence-electron chi connectivity index (χ0n) is 12.1. The van der Waals surface area contributed by atoms with Gasteiger partial charge in [0.2, 0.25) is 0 Å². The fourth-order valence-corrected chi connectivity index (χ4v) is 2.18. The number of carbonyl (C=O) groups excluding carboxylic acids is 1. The Bertz CT molecular complexity index is 613. The van der Waals surface area contributed by atoms with Crippen LogP contribution >= 0.6 is 11.6 Å². The number of benzene rings is 1. The Labute approximate surface area is 129 Å². The van der Waals surface area contributed by atoms with E-state index in [4.69, 9.17) is 11.6 Å². The average molecular weight is 304 g/mol. The molecule has 0 atom stereocenters. The molecular weight excluding hydrogens is 286 g/mol. The average Bonchev–Trinajstić information content (AvgIpc) is 2.50. The first-order valence-electron chi connectivity index (χ1n) is 6.80. The van der Waals surface area contributed by atoms with Gasteiger partial charge in [-0.25, -0.2) is 4.98 Å². The predicted octanol–water partition coefficient (Wildman–Crippen LogP) is 3.44. The van der Waals surface area contributed by atoms with Crippen LogP contribution in [0.2, 0.25) is 5.02 Å². The second kappa shape index (κ2) is 7.09. The maximum absolute atomic E-state index is 12.4. The molecule has 1 amide bonds. The minimum Gasteiger partial charge on any atom is -0.370 e. The molecule has 0 saturated heterocycles. The van der Waals surface area contributed by atoms with E-state index in [1.54, 1.807) is 30.3 Å². The number of rotatable bonds is 5. The summed E-state index contributed by atoms with van der Waals surface area (Å²) in [5, 5.41) is 3.76. The lowest BCUT2D eigenvalue weighted by Gasteiger charge is -2.18. The molecule has 1 aromatic carbocycles. The van der Waals surface area contributed by atoms with Crippen molar-refractivity contribution in [2.24, 2.45) is 0 Å². The van der Waals surface area contributed by atoms with Crippen molar-refractivity contribution in [3.05, 3.63) is 58.7 Å². The molecule has 0 radical (unpaired) electrons. The lowest BCUT2D eigenvalue weighted by Crippen LogP contribution is -2.26. The van der Waals surface area contributed by atoms with E-state index < -0.39 is 0 Å². The lowest BCUT2D eigenvalue weighted by atomic mass is 10.2. The molecule has 0 fully saturated rings. The van der Waals surface area contributed by atoms with Crippen molar-refractivity contribution in [1.29, 1.82) is 0 Å². The van der Waals surface area contributed by atoms with Crippen molar-refractivity contribution < 1.29 is 4.79 Å². The van der Waals surface area contributed by atoms with E-state index in [1.807, 2.05) is 31.2 Å². The summed E-state index contributed by atoms with van der Waals surface area (Å²) in [6.07, 6.45) is 1.59. The Morgan fingerprint density at radius 1 is 1.29 bits per heavy atom. The van der Waals surface area contributed by atoms with Gasteiger partial charge < -0.3 is 10.2 Å². The molecule has 2 aromatic rings. The van der Waals surface area contributed by atoms with E-state index in [0.29, 0.717) is 17.1 Å². The maximum Gasteiger partial charge on any atom is 0.255 e. The number of pyridine rings is 1. The molecule has 0 saturated carbocycles. The lowest BCUT2D eigenvalue weighted by molar-refractivity contribution is 0.0785. The summed E-state index contributed by atoms with van der Waals surface area (Å²) < 4.78 is 0. The highest BCUT2D eigenvalue weighted by molar-refractivity contribution is 6.31. The smallest absolute Gasteiger partial charge is 0.255 e. The molecule has 0 aliphatic heterocycles. The molecule has 0 aliphatic rings. The Morgan fingerprint density at radius 3 is 2.67 bits per heavy atom. The van der Waals surface area contributed by atoms with Gasteiger partial charge in [-0.1, -0.05) is 29.8 Å². The van der Waals surface area contributed by atoms with Crippen molar-refractivity contribution in [2.75, 3.05) is 18.9 Å². The number of nitrogens with one attached hydrogen (secondary N) is 1. The quantitative estimate of drug-likeness (QED) is 0.920. The topological polar surface area (TPSA) is 45.2 Å². The molecule has 1 aromatic heterocycles. The summed E-state index contributed by atoms with van der Waals surface area (Å²) in [4.78, 5) is 18.2. The van der Waals surface area contributed by atoms with Crippen LogP contribution in [0.4, 0.5) is 5.82 Å². The molecule has 110 valence electrons. The van der Waals surface area contributed by atoms with Gasteiger partial charge in [-0.05, 0) is 30.7 Å². The molecule has 4 nitrogen and oxygen atoms in total. The van der Waals surface area contributed by atoms with Gasteiger partial charge in [-0.15, -0.1) is 0 Å². The molecule has 1 N–H and O–H groups in total. The Kier molecular flexibility index (Phi) is 5.17. The minimum atomic E-state index is -0.0783. The Balaban J connectivity index is 2.07. The second-order valence-electron chi connectivity index (χ2n) is 4.72. The summed E-state index contributed by atoms with van der Waals surface area (Å²) in [6.45, 7) is 3.26. The van der Waals surface area contributed by atoms with Crippen molar-refractivity contribution >= 4 is 23.3 Å². The van der Waals surface area contributed by atoms with Crippen molar-refractivity contribution in [1.82, 2.24) is 9.88 Å². The van der Waals surface area contributed by atoms with Crippen LogP contribution in [-0.4, -0.2) is 29.4 Å². The fourth-order valence-electron chi connectivity index (χ4n) is 1.98. The maximum atomic E-state index is 12.4. The van der Waals surface area contributed by atoms with E-state index in [0.717, 1.165) is 17.9 Å². The molecule has 5 heteroatoms. The van der Waals surface area contributed by atoms with Crippen molar-refractivity contribution in [3.63, 3.8) is 0 Å². The van der Waals surface area contributed by atoms with Gasteiger partial charge >= 0.3 is 0 Å². The van der Waals surface area contributed by atoms with E-state index in [2.05, 4.69) is 10.3 Å². The van der Waals surface area contributed by atoms with Gasteiger partial charge in [0.15, 0.2) is 0 Å². The summed E-state index contributed by atoms with van der Waals surface area (Å²) in [7, 11) is 1.75. The highest BCUT2D eigenvalue weighted by Gasteiger charge is 2.13. The van der Waals surface area contributed by atoms with Crippen molar-refractivity contribution in [3.8, 4) is 0 Å². The molecule has 0 aliphatic carbocycles. The summed E-state index contributed by atoms with van der Waals surface area (Å²) in [5.74, 6) is 0.688. The molecule has 2 rings (SSSR count). The Hall–Kier alpha value is -2.07. The van der Waals surface area contributed by atoms with Gasteiger partial charge in [-0.2, -0.15) is 0 Å². The van der Waals surface area contributed by atoms with E-state index in [-0.39, 0.29) is 5.91 Å². The number of hydrogen-bond donors (Lipinski definition) is 1. The standard InChI is InChI=1S/C16H18ClN3O/c1-3-18-15-9-8-12(10-19-15)16(21)20(2)11-13-6-4-5-7-14(13)17/h4-10H,3,11H2,1-2H3,(H,18,19). The number of nitrogens with zero attached hydrogens (tertiary/aromatic N) is 2. The fraction of sp³-hybridized carbons (Fsp3) is 0.250. The zero-order valence-corrected chi connectivity index (χ0v) is 12.9. The van der Waals surface area contributed by atoms with E-state index in [9.17, 15) is 4.79 Å². The van der Waals surface area contributed by atoms with Crippen LogP contribution in [0, 0.1) is 0 Å². The van der Waals surface area contributed by atoms with Crippen LogP contribution in [0.25, 0.3) is 0 Å². The highest BCUT2D eigenvalue weighted by atomic mass is 35.5. The largest absolute Gasteiger partial charge is 0.370 e. The number of amides is 1. The molecule has 21 heavy (non-hydrogen) atoms. The minimum absolute atomic E-state index is 0.0783. The van der Waals surface area contributed by atoms with Crippen LogP contribution in [0.15, 0.2) is 42.6 Å². The summed E-state index contributed by atoms with van der Waals surface area (Å²) >= 11 is 6.12. The molecule has 0 bridgehead atoms. The first kappa shape index (κ1) is 15.3. The SMILES string of the molecule is CCNc1ccc(C(=O)N(C)Cc2ccccc2Cl)cn1. The number of anilines is 1. The third kappa shape index (κ3) is 3.95. The third-order valence-corrected chi connectivity index (χ3v) is 3.45. The first-order chi connectivity index (χ1) is 10.1. The first-order valence-corrected chi connectivity index (χ1v) is 7.18. The van der Waals surface area contributed by atoms with Gasteiger partial charge in [0, 0.05) is 31.4 Å². The molecular formula is C16H18ClN3O. The van der Waals surface area contributed by atoms with E-state index in [1.165, 1.54) is 0 Å². The van der Waals surface area contributed by atoms with Crippen LogP contribution in [0.5, 0.6) is 0 Å². The summed E-state index contributed by atoms with van der Waals surface area (Å²) in [5.41, 5.74) is 1.48. The van der Waals surface area contributed by atoms with Gasteiger partial charge in [0.25, 0.3) is 5.91 Å². The number of aromatic nitrogens is 1. The monoisotopic (exact) mass is 303 g/mol. The third-order valence-electron chi connectivity index (χ3n) is 3.08. The number of hydrogen-bond acceptors (Lipinski definition) is 3. The molecule has 1 heterocycles. The van der Waals surface area contributed by atoms with Crippen LogP contribution in [-0.2, 0) is 6.54 Å². The van der Waals surface area contributed by atoms with Crippen LogP contribution in [0.3, 0.4) is 0 Å². The van der Waals surface area contributed by atoms with Crippen LogP contribution < -0.4 is 5.32 Å². The van der Waals surface area contributed by atoms with Gasteiger partial charge in [0.1, 0.15) is 5.82 Å². The van der Waals surface area contributed by atoms with Crippen molar-refractivity contribution in [2.45, 2.75) is 13.5 Å². The van der Waals surface area contributed by atoms with Crippen LogP contribution in [0.1, 0.15) is 22.8 Å². The van der Waals surface area contributed by atoms with Gasteiger partial charge in [-0.3, -0.25) is 4.79 Å². The predicted molar refractivity (Wildman–Crippen MR) is 85.7 cm³/mol. The Morgan fingerprint density at radius 2 is 2.05 bits per heavy atom. The molecule has 0 spiro atoms. The second-order valence-corrected chi connectivity index (χ2v) is 5.12. The zero-order chi connectivity index (χ0) is 15.2. The van der Waals surface area contributed by atoms with E-state index >= 15 is 0 Å².